The first-order valence-electron chi connectivity index (χ1n) is 14.5. The molecule has 2 aromatic carbocycles. The highest BCUT2D eigenvalue weighted by Gasteiger charge is 2.32. The highest BCUT2D eigenvalue weighted by Crippen LogP contribution is 2.39. The Bertz CT molecular complexity index is 1920. The second-order valence-electron chi connectivity index (χ2n) is 10.5. The fourth-order valence-corrected chi connectivity index (χ4v) is 6.42. The number of anilines is 1. The van der Waals surface area contributed by atoms with Crippen LogP contribution in [0.4, 0.5) is 5.69 Å². The fraction of sp³-hybridized carbons (Fsp3) is 0.273. The van der Waals surface area contributed by atoms with Gasteiger partial charge in [0.15, 0.2) is 5.82 Å². The lowest BCUT2D eigenvalue weighted by molar-refractivity contribution is -0.121. The number of nitrogens with two attached hydrogens (primary N) is 1. The number of aryl methyl sites for hydroxylation is 2. The van der Waals surface area contributed by atoms with Crippen molar-refractivity contribution in [1.82, 2.24) is 20.1 Å². The maximum Gasteiger partial charge on any atom is 0.339 e. The third-order valence-corrected chi connectivity index (χ3v) is 8.89. The highest BCUT2D eigenvalue weighted by atomic mass is 35.5. The Morgan fingerprint density at radius 2 is 1.83 bits per heavy atom. The van der Waals surface area contributed by atoms with E-state index in [0.29, 0.717) is 27.9 Å². The minimum atomic E-state index is -0.624. The van der Waals surface area contributed by atoms with E-state index in [9.17, 15) is 14.4 Å². The normalized spacial score (nSPS) is 13.1. The number of nitrogens with zero attached hydrogens (tertiary/aromatic N) is 4. The first-order chi connectivity index (χ1) is 22.1. The Kier molecular flexibility index (Phi) is 11.5. The van der Waals surface area contributed by atoms with Crippen molar-refractivity contribution in [3.05, 3.63) is 91.8 Å². The number of ether oxygens (including phenoxy) is 1. The van der Waals surface area contributed by atoms with Crippen LogP contribution in [0.15, 0.2) is 47.5 Å². The van der Waals surface area contributed by atoms with Crippen molar-refractivity contribution in [3.8, 4) is 16.8 Å². The zero-order chi connectivity index (χ0) is 33.0. The molecule has 0 fully saturated rings. The van der Waals surface area contributed by atoms with Gasteiger partial charge in [0.25, 0.3) is 0 Å². The molecule has 4 aromatic rings. The SMILES string of the molecule is COC(=O)c1ccc(NC(=O)CCNC(=O)C[C@@H]2N=C(c3ccc(Cl)cc3)c3c(sc(C)c3C)-n3c(C)nnc32)cc1C#CCN.Cl. The summed E-state index contributed by atoms with van der Waals surface area (Å²) in [4.78, 5) is 44.3. The van der Waals surface area contributed by atoms with Crippen LogP contribution in [0.1, 0.15) is 68.0 Å². The highest BCUT2D eigenvalue weighted by molar-refractivity contribution is 7.15. The van der Waals surface area contributed by atoms with Gasteiger partial charge in [-0.15, -0.1) is 33.9 Å². The summed E-state index contributed by atoms with van der Waals surface area (Å²) in [5.74, 6) is 5.64. The molecule has 1 aliphatic rings. The second-order valence-corrected chi connectivity index (χ2v) is 12.2. The lowest BCUT2D eigenvalue weighted by Crippen LogP contribution is -2.29. The molecule has 1 atom stereocenters. The molecule has 3 heterocycles. The Morgan fingerprint density at radius 1 is 1.09 bits per heavy atom. The molecule has 0 aliphatic carbocycles. The van der Waals surface area contributed by atoms with Gasteiger partial charge in [0.2, 0.25) is 11.8 Å². The summed E-state index contributed by atoms with van der Waals surface area (Å²) >= 11 is 7.82. The van der Waals surface area contributed by atoms with Crippen molar-refractivity contribution < 1.29 is 19.1 Å². The number of aromatic nitrogens is 3. The van der Waals surface area contributed by atoms with E-state index in [2.05, 4.69) is 46.5 Å². The van der Waals surface area contributed by atoms with Crippen LogP contribution in [-0.4, -0.2) is 58.5 Å². The molecule has 5 rings (SSSR count). The van der Waals surface area contributed by atoms with Crippen molar-refractivity contribution in [3.63, 3.8) is 0 Å². The zero-order valence-electron chi connectivity index (χ0n) is 26.1. The first-order valence-corrected chi connectivity index (χ1v) is 15.6. The fourth-order valence-electron chi connectivity index (χ4n) is 5.08. The molecule has 0 unspecified atom stereocenters. The summed E-state index contributed by atoms with van der Waals surface area (Å²) in [6, 6.07) is 11.5. The van der Waals surface area contributed by atoms with E-state index in [0.717, 1.165) is 32.3 Å². The van der Waals surface area contributed by atoms with Gasteiger partial charge >= 0.3 is 5.97 Å². The van der Waals surface area contributed by atoms with Crippen LogP contribution < -0.4 is 16.4 Å². The molecule has 1 aliphatic heterocycles. The van der Waals surface area contributed by atoms with E-state index in [1.54, 1.807) is 23.5 Å². The minimum Gasteiger partial charge on any atom is -0.465 e. The number of rotatable bonds is 8. The number of carbonyl (C=O) groups is 3. The standard InChI is InChI=1S/C33H32ClN7O4S.ClH/c1-18-19(2)46-32-29(18)30(21-7-9-23(34)10-8-21)38-26(31-40-39-20(3)41(31)32)17-28(43)36-15-13-27(42)37-24-11-12-25(33(44)45-4)22(16-24)6-5-14-35;/h7-12,16,26H,13-15,17,35H2,1-4H3,(H,36,43)(H,37,42);1H/t26-;/m0./s1. The van der Waals surface area contributed by atoms with Crippen molar-refractivity contribution in [2.45, 2.75) is 39.7 Å². The van der Waals surface area contributed by atoms with E-state index in [1.807, 2.05) is 35.8 Å². The Labute approximate surface area is 287 Å². The lowest BCUT2D eigenvalue weighted by atomic mass is 9.99. The third-order valence-electron chi connectivity index (χ3n) is 7.44. The molecule has 0 saturated carbocycles. The molecule has 0 bridgehead atoms. The number of esters is 1. The third kappa shape index (κ3) is 7.72. The monoisotopic (exact) mass is 693 g/mol. The van der Waals surface area contributed by atoms with Crippen LogP contribution in [0.3, 0.4) is 0 Å². The van der Waals surface area contributed by atoms with Crippen molar-refractivity contribution in [1.29, 1.82) is 0 Å². The number of thiophene rings is 1. The summed E-state index contributed by atoms with van der Waals surface area (Å²) in [6.07, 6.45) is 0.0191. The van der Waals surface area contributed by atoms with Gasteiger partial charge in [-0.3, -0.25) is 19.1 Å². The van der Waals surface area contributed by atoms with Crippen molar-refractivity contribution >= 4 is 64.5 Å². The van der Waals surface area contributed by atoms with Gasteiger partial charge in [0, 0.05) is 45.2 Å². The van der Waals surface area contributed by atoms with Crippen molar-refractivity contribution in [2.75, 3.05) is 25.5 Å². The topological polar surface area (TPSA) is 154 Å². The van der Waals surface area contributed by atoms with E-state index in [4.69, 9.17) is 27.1 Å². The number of hydrogen-bond acceptors (Lipinski definition) is 9. The molecule has 0 saturated heterocycles. The van der Waals surface area contributed by atoms with Crippen LogP contribution in [0.5, 0.6) is 0 Å². The summed E-state index contributed by atoms with van der Waals surface area (Å²) in [7, 11) is 1.28. The predicted molar refractivity (Wildman–Crippen MR) is 185 cm³/mol. The van der Waals surface area contributed by atoms with Gasteiger partial charge < -0.3 is 21.1 Å². The number of fused-ring (bicyclic) bond motifs is 3. The molecular formula is C33H33Cl2N7O4S. The number of halogens is 2. The molecule has 11 nitrogen and oxygen atoms in total. The van der Waals surface area contributed by atoms with Crippen LogP contribution in [-0.2, 0) is 14.3 Å². The molecule has 47 heavy (non-hydrogen) atoms. The smallest absolute Gasteiger partial charge is 0.339 e. The molecular weight excluding hydrogens is 661 g/mol. The van der Waals surface area contributed by atoms with Gasteiger partial charge in [-0.1, -0.05) is 35.6 Å². The number of hydrogen-bond donors (Lipinski definition) is 3. The van der Waals surface area contributed by atoms with E-state index in [-0.39, 0.29) is 55.7 Å². The zero-order valence-corrected chi connectivity index (χ0v) is 28.5. The van der Waals surface area contributed by atoms with E-state index in [1.165, 1.54) is 13.2 Å². The van der Waals surface area contributed by atoms with Gasteiger partial charge in [0.05, 0.1) is 31.4 Å². The van der Waals surface area contributed by atoms with Crippen LogP contribution in [0.2, 0.25) is 5.02 Å². The molecule has 0 radical (unpaired) electrons. The lowest BCUT2D eigenvalue weighted by Gasteiger charge is -2.13. The largest absolute Gasteiger partial charge is 0.465 e. The summed E-state index contributed by atoms with van der Waals surface area (Å²) in [5.41, 5.74) is 10.3. The maximum atomic E-state index is 13.2. The minimum absolute atomic E-state index is 0. The van der Waals surface area contributed by atoms with Gasteiger partial charge in [-0.05, 0) is 56.7 Å². The summed E-state index contributed by atoms with van der Waals surface area (Å²) in [5, 5.41) is 15.9. The van der Waals surface area contributed by atoms with Crippen LogP contribution in [0, 0.1) is 32.6 Å². The number of aliphatic imine (C=N–C) groups is 1. The second kappa shape index (κ2) is 15.4. The predicted octanol–water partition coefficient (Wildman–Crippen LogP) is 4.85. The number of methoxy groups -OCH3 is 1. The van der Waals surface area contributed by atoms with Crippen LogP contribution in [0.25, 0.3) is 5.00 Å². The Balaban J connectivity index is 0.00000500. The summed E-state index contributed by atoms with van der Waals surface area (Å²) in [6.45, 7) is 6.22. The van der Waals surface area contributed by atoms with Gasteiger partial charge in [-0.25, -0.2) is 4.79 Å². The number of benzene rings is 2. The summed E-state index contributed by atoms with van der Waals surface area (Å²) < 4.78 is 6.79. The Hall–Kier alpha value is -4.54. The Morgan fingerprint density at radius 3 is 2.53 bits per heavy atom. The van der Waals surface area contributed by atoms with E-state index < -0.39 is 12.0 Å². The molecule has 4 N–H and O–H groups in total. The number of nitrogens with one attached hydrogen (secondary N) is 2. The molecule has 0 spiro atoms. The van der Waals surface area contributed by atoms with E-state index >= 15 is 0 Å². The quantitative estimate of drug-likeness (QED) is 0.176. The molecule has 244 valence electrons. The molecule has 2 amide bonds. The average Bonchev–Trinajstić information content (AvgIpc) is 3.51. The first kappa shape index (κ1) is 35.3. The maximum absolute atomic E-state index is 13.2. The molecule has 2 aromatic heterocycles. The van der Waals surface area contributed by atoms with Gasteiger partial charge in [-0.2, -0.15) is 0 Å². The van der Waals surface area contributed by atoms with Crippen molar-refractivity contribution in [2.24, 2.45) is 10.7 Å². The average molecular weight is 695 g/mol. The number of carbonyl (C=O) groups excluding carboxylic acids is 3. The molecule has 14 heteroatoms. The van der Waals surface area contributed by atoms with Gasteiger partial charge in [0.1, 0.15) is 16.9 Å². The van der Waals surface area contributed by atoms with Crippen LogP contribution >= 0.6 is 35.3 Å². The number of amides is 2.